The molecule has 0 saturated carbocycles. The number of halogens is 3. The van der Waals surface area contributed by atoms with Crippen LogP contribution in [0.15, 0.2) is 0 Å². The Balaban J connectivity index is 3.30. The summed E-state index contributed by atoms with van der Waals surface area (Å²) in [4.78, 5) is 10.4. The average molecular weight is 237 g/mol. The molecule has 1 unspecified atom stereocenters. The summed E-state index contributed by atoms with van der Waals surface area (Å²) in [5.41, 5.74) is -1.98. The van der Waals surface area contributed by atoms with Gasteiger partial charge in [0, 0.05) is 0 Å². The molecule has 1 rings (SSSR count). The van der Waals surface area contributed by atoms with Crippen molar-refractivity contribution in [2.45, 2.75) is 25.6 Å². The van der Waals surface area contributed by atoms with Gasteiger partial charge in [-0.25, -0.2) is 4.68 Å². The van der Waals surface area contributed by atoms with Gasteiger partial charge in [0.1, 0.15) is 0 Å². The molecule has 1 aromatic rings. The number of aliphatic hydroxyl groups is 1. The van der Waals surface area contributed by atoms with E-state index in [1.54, 1.807) is 6.92 Å². The molecule has 5 nitrogen and oxygen atoms in total. The molecular formula is C8H10F3N3O2. The second kappa shape index (κ2) is 4.60. The highest BCUT2D eigenvalue weighted by atomic mass is 19.4. The van der Waals surface area contributed by atoms with Crippen LogP contribution in [0.3, 0.4) is 0 Å². The molecule has 1 N–H and O–H groups in total. The fraction of sp³-hybridized carbons (Fsp3) is 0.625. The molecule has 0 aliphatic rings. The maximum absolute atomic E-state index is 12.6. The lowest BCUT2D eigenvalue weighted by Crippen LogP contribution is -2.22. The number of aromatic nitrogens is 3. The number of rotatable bonds is 4. The number of carbonyl (C=O) groups is 1. The molecule has 0 saturated heterocycles. The van der Waals surface area contributed by atoms with Gasteiger partial charge in [-0.2, -0.15) is 13.2 Å². The molecule has 1 aromatic heterocycles. The van der Waals surface area contributed by atoms with Crippen molar-refractivity contribution in [3.05, 3.63) is 11.4 Å². The smallest absolute Gasteiger partial charge is 0.394 e. The number of hydrogen-bond donors (Lipinski definition) is 1. The standard InChI is InChI=1S/C8H10F3N3O2/c1-2-5(3-15)14-7(8(9,10)11)6(4-16)12-13-14/h4-5,15H,2-3H2,1H3. The Labute approximate surface area is 88.9 Å². The summed E-state index contributed by atoms with van der Waals surface area (Å²) in [5, 5.41) is 15.3. The first-order valence-electron chi connectivity index (χ1n) is 4.54. The van der Waals surface area contributed by atoms with Crippen molar-refractivity contribution < 1.29 is 23.1 Å². The minimum absolute atomic E-state index is 0.00355. The SMILES string of the molecule is CCC(CO)n1nnc(C=O)c1C(F)(F)F. The average Bonchev–Trinajstić information content (AvgIpc) is 2.63. The van der Waals surface area contributed by atoms with Gasteiger partial charge in [0.15, 0.2) is 17.7 Å². The van der Waals surface area contributed by atoms with Crippen LogP contribution in [0.1, 0.15) is 35.6 Å². The van der Waals surface area contributed by atoms with Crippen molar-refractivity contribution >= 4 is 6.29 Å². The highest BCUT2D eigenvalue weighted by Gasteiger charge is 2.40. The van der Waals surface area contributed by atoms with Crippen molar-refractivity contribution in [1.29, 1.82) is 0 Å². The van der Waals surface area contributed by atoms with Gasteiger partial charge in [-0.15, -0.1) is 5.10 Å². The summed E-state index contributed by atoms with van der Waals surface area (Å²) in [5.74, 6) is 0. The van der Waals surface area contributed by atoms with Crippen LogP contribution in [0.2, 0.25) is 0 Å². The second-order valence-electron chi connectivity index (χ2n) is 3.13. The van der Waals surface area contributed by atoms with Gasteiger partial charge in [0.25, 0.3) is 0 Å². The van der Waals surface area contributed by atoms with Crippen molar-refractivity contribution in [2.75, 3.05) is 6.61 Å². The summed E-state index contributed by atoms with van der Waals surface area (Å²) >= 11 is 0. The highest BCUT2D eigenvalue weighted by molar-refractivity contribution is 5.73. The van der Waals surface area contributed by atoms with Gasteiger partial charge in [0.05, 0.1) is 12.6 Å². The van der Waals surface area contributed by atoms with Crippen LogP contribution in [0.4, 0.5) is 13.2 Å². The third-order valence-electron chi connectivity index (χ3n) is 2.13. The van der Waals surface area contributed by atoms with E-state index in [4.69, 9.17) is 5.11 Å². The quantitative estimate of drug-likeness (QED) is 0.795. The van der Waals surface area contributed by atoms with E-state index < -0.39 is 30.2 Å². The normalized spacial score (nSPS) is 13.8. The molecule has 1 heterocycles. The summed E-state index contributed by atoms with van der Waals surface area (Å²) < 4.78 is 38.4. The van der Waals surface area contributed by atoms with E-state index in [1.807, 2.05) is 0 Å². The third kappa shape index (κ3) is 2.21. The first kappa shape index (κ1) is 12.6. The molecular weight excluding hydrogens is 227 g/mol. The maximum Gasteiger partial charge on any atom is 0.435 e. The zero-order valence-corrected chi connectivity index (χ0v) is 8.40. The van der Waals surface area contributed by atoms with Crippen molar-refractivity contribution in [3.8, 4) is 0 Å². The molecule has 0 aliphatic carbocycles. The van der Waals surface area contributed by atoms with Gasteiger partial charge in [-0.3, -0.25) is 4.79 Å². The van der Waals surface area contributed by atoms with Crippen LogP contribution in [0, 0.1) is 0 Å². The van der Waals surface area contributed by atoms with Crippen LogP contribution in [0.25, 0.3) is 0 Å². The van der Waals surface area contributed by atoms with Crippen LogP contribution in [-0.4, -0.2) is 33.0 Å². The number of aldehydes is 1. The van der Waals surface area contributed by atoms with Crippen molar-refractivity contribution in [3.63, 3.8) is 0 Å². The largest absolute Gasteiger partial charge is 0.435 e. The second-order valence-corrected chi connectivity index (χ2v) is 3.13. The highest BCUT2D eigenvalue weighted by Crippen LogP contribution is 2.32. The number of nitrogens with zero attached hydrogens (tertiary/aromatic N) is 3. The molecule has 0 aromatic carbocycles. The van der Waals surface area contributed by atoms with Gasteiger partial charge in [-0.05, 0) is 6.42 Å². The number of carbonyl (C=O) groups excluding carboxylic acids is 1. The number of alkyl halides is 3. The van der Waals surface area contributed by atoms with E-state index >= 15 is 0 Å². The zero-order valence-electron chi connectivity index (χ0n) is 8.40. The first-order chi connectivity index (χ1) is 7.45. The van der Waals surface area contributed by atoms with Crippen LogP contribution >= 0.6 is 0 Å². The molecule has 90 valence electrons. The topological polar surface area (TPSA) is 68.0 Å². The molecule has 8 heteroatoms. The van der Waals surface area contributed by atoms with Crippen molar-refractivity contribution in [2.24, 2.45) is 0 Å². The fourth-order valence-electron chi connectivity index (χ4n) is 1.30. The predicted molar refractivity (Wildman–Crippen MR) is 46.8 cm³/mol. The fourth-order valence-corrected chi connectivity index (χ4v) is 1.30. The van der Waals surface area contributed by atoms with Crippen LogP contribution in [0.5, 0.6) is 0 Å². The van der Waals surface area contributed by atoms with E-state index in [0.29, 0.717) is 4.68 Å². The Morgan fingerprint density at radius 2 is 2.19 bits per heavy atom. The van der Waals surface area contributed by atoms with E-state index in [0.717, 1.165) is 0 Å². The van der Waals surface area contributed by atoms with E-state index in [1.165, 1.54) is 0 Å². The number of aliphatic hydroxyl groups excluding tert-OH is 1. The first-order valence-corrected chi connectivity index (χ1v) is 4.54. The summed E-state index contributed by atoms with van der Waals surface area (Å²) in [6, 6.07) is -0.835. The summed E-state index contributed by atoms with van der Waals surface area (Å²) in [6.45, 7) is 1.10. The molecule has 0 amide bonds. The molecule has 0 spiro atoms. The maximum atomic E-state index is 12.6. The summed E-state index contributed by atoms with van der Waals surface area (Å²) in [7, 11) is 0. The van der Waals surface area contributed by atoms with E-state index in [2.05, 4.69) is 10.3 Å². The van der Waals surface area contributed by atoms with Gasteiger partial charge >= 0.3 is 6.18 Å². The molecule has 0 radical (unpaired) electrons. The Morgan fingerprint density at radius 3 is 2.56 bits per heavy atom. The monoisotopic (exact) mass is 237 g/mol. The molecule has 0 bridgehead atoms. The molecule has 0 fully saturated rings. The molecule has 0 aliphatic heterocycles. The lowest BCUT2D eigenvalue weighted by Gasteiger charge is -2.16. The Hall–Kier alpha value is -1.44. The Morgan fingerprint density at radius 1 is 1.56 bits per heavy atom. The lowest BCUT2D eigenvalue weighted by atomic mass is 10.2. The van der Waals surface area contributed by atoms with Crippen LogP contribution < -0.4 is 0 Å². The lowest BCUT2D eigenvalue weighted by molar-refractivity contribution is -0.145. The molecule has 1 atom stereocenters. The Kier molecular flexibility index (Phi) is 3.63. The van der Waals surface area contributed by atoms with Gasteiger partial charge in [0.2, 0.25) is 0 Å². The van der Waals surface area contributed by atoms with E-state index in [-0.39, 0.29) is 12.7 Å². The minimum Gasteiger partial charge on any atom is -0.394 e. The predicted octanol–water partition coefficient (Wildman–Crippen LogP) is 1.05. The third-order valence-corrected chi connectivity index (χ3v) is 2.13. The van der Waals surface area contributed by atoms with Crippen LogP contribution in [-0.2, 0) is 6.18 Å². The van der Waals surface area contributed by atoms with Gasteiger partial charge < -0.3 is 5.11 Å². The Bertz CT molecular complexity index is 371. The van der Waals surface area contributed by atoms with Gasteiger partial charge in [-0.1, -0.05) is 12.1 Å². The van der Waals surface area contributed by atoms with E-state index in [9.17, 15) is 18.0 Å². The summed E-state index contributed by atoms with van der Waals surface area (Å²) in [6.07, 6.45) is -4.47. The number of hydrogen-bond acceptors (Lipinski definition) is 4. The van der Waals surface area contributed by atoms with Crippen molar-refractivity contribution in [1.82, 2.24) is 15.0 Å². The zero-order chi connectivity index (χ0) is 12.3. The minimum atomic E-state index is -4.72. The molecule has 16 heavy (non-hydrogen) atoms.